The maximum absolute atomic E-state index is 13.0. The maximum Gasteiger partial charge on any atom is 0.271 e. The molecule has 1 aliphatic heterocycles. The smallest absolute Gasteiger partial charge is 0.271 e. The molecule has 134 valence electrons. The number of nitro groups is 1. The minimum absolute atomic E-state index is 0.0209. The lowest BCUT2D eigenvalue weighted by Gasteiger charge is -2.26. The first-order chi connectivity index (χ1) is 13.0. The normalized spacial score (nSPS) is 15.5. The number of nitro benzene ring substituents is 1. The predicted octanol–water partition coefficient (Wildman–Crippen LogP) is 4.07. The molecule has 1 amide bonds. The van der Waals surface area contributed by atoms with Gasteiger partial charge in [-0.2, -0.15) is 0 Å². The Morgan fingerprint density at radius 2 is 1.89 bits per heavy atom. The number of amides is 1. The van der Waals surface area contributed by atoms with Gasteiger partial charge in [0, 0.05) is 29.7 Å². The van der Waals surface area contributed by atoms with Crippen molar-refractivity contribution in [1.29, 1.82) is 0 Å². The number of benzene rings is 2. The van der Waals surface area contributed by atoms with Gasteiger partial charge in [-0.1, -0.05) is 23.8 Å². The minimum atomic E-state index is -0.557. The summed E-state index contributed by atoms with van der Waals surface area (Å²) in [7, 11) is 0. The quantitative estimate of drug-likeness (QED) is 0.560. The molecule has 0 radical (unpaired) electrons. The third-order valence-electron chi connectivity index (χ3n) is 4.48. The van der Waals surface area contributed by atoms with E-state index in [0.717, 1.165) is 11.3 Å². The summed E-state index contributed by atoms with van der Waals surface area (Å²) in [6.07, 6.45) is 1.07. The van der Waals surface area contributed by atoms with E-state index >= 15 is 0 Å². The summed E-state index contributed by atoms with van der Waals surface area (Å²) < 4.78 is 0. The van der Waals surface area contributed by atoms with Crippen molar-refractivity contribution < 1.29 is 9.72 Å². The molecule has 0 bridgehead atoms. The SMILES string of the molecule is Cc1ccc(N2C(=O)c3cccnc3[C@@H]2Nc2cccc([N+](=O)[O-])c2)cc1. The fraction of sp³-hybridized carbons (Fsp3) is 0.100. The van der Waals surface area contributed by atoms with Crippen molar-refractivity contribution in [1.82, 2.24) is 4.98 Å². The number of rotatable bonds is 4. The Bertz CT molecular complexity index is 1030. The van der Waals surface area contributed by atoms with Crippen LogP contribution in [0.2, 0.25) is 0 Å². The van der Waals surface area contributed by atoms with Gasteiger partial charge >= 0.3 is 0 Å². The Kier molecular flexibility index (Phi) is 4.04. The lowest BCUT2D eigenvalue weighted by atomic mass is 10.2. The highest BCUT2D eigenvalue weighted by Gasteiger charge is 2.39. The number of carbonyl (C=O) groups excluding carboxylic acids is 1. The first-order valence-electron chi connectivity index (χ1n) is 8.41. The Labute approximate surface area is 155 Å². The molecule has 1 atom stereocenters. The van der Waals surface area contributed by atoms with Gasteiger partial charge in [0.05, 0.1) is 16.2 Å². The molecule has 0 spiro atoms. The first-order valence-corrected chi connectivity index (χ1v) is 8.41. The van der Waals surface area contributed by atoms with E-state index in [-0.39, 0.29) is 11.6 Å². The number of aromatic nitrogens is 1. The van der Waals surface area contributed by atoms with Crippen molar-refractivity contribution in [3.63, 3.8) is 0 Å². The van der Waals surface area contributed by atoms with Crippen molar-refractivity contribution in [2.45, 2.75) is 13.1 Å². The van der Waals surface area contributed by atoms with Crippen LogP contribution in [0.15, 0.2) is 66.9 Å². The van der Waals surface area contributed by atoms with Gasteiger partial charge in [-0.05, 0) is 37.3 Å². The summed E-state index contributed by atoms with van der Waals surface area (Å²) in [5.41, 5.74) is 3.44. The van der Waals surface area contributed by atoms with Gasteiger partial charge in [-0.25, -0.2) is 0 Å². The summed E-state index contributed by atoms with van der Waals surface area (Å²) in [6.45, 7) is 1.98. The van der Waals surface area contributed by atoms with Crippen molar-refractivity contribution in [3.05, 3.63) is 93.8 Å². The molecule has 27 heavy (non-hydrogen) atoms. The van der Waals surface area contributed by atoms with E-state index in [1.165, 1.54) is 12.1 Å². The van der Waals surface area contributed by atoms with Crippen molar-refractivity contribution >= 4 is 23.0 Å². The van der Waals surface area contributed by atoms with Crippen LogP contribution in [0.5, 0.6) is 0 Å². The summed E-state index contributed by atoms with van der Waals surface area (Å²) in [6, 6.07) is 17.3. The van der Waals surface area contributed by atoms with E-state index in [1.54, 1.807) is 35.4 Å². The number of carbonyl (C=O) groups is 1. The number of pyridine rings is 1. The lowest BCUT2D eigenvalue weighted by Crippen LogP contribution is -2.32. The molecule has 2 aromatic carbocycles. The molecule has 2 heterocycles. The number of non-ortho nitro benzene ring substituents is 1. The van der Waals surface area contributed by atoms with Gasteiger partial charge in [0.2, 0.25) is 0 Å². The Morgan fingerprint density at radius 1 is 1.11 bits per heavy atom. The zero-order valence-electron chi connectivity index (χ0n) is 14.5. The van der Waals surface area contributed by atoms with Gasteiger partial charge in [0.1, 0.15) is 0 Å². The highest BCUT2D eigenvalue weighted by atomic mass is 16.6. The fourth-order valence-electron chi connectivity index (χ4n) is 3.16. The van der Waals surface area contributed by atoms with Crippen molar-refractivity contribution in [3.8, 4) is 0 Å². The summed E-state index contributed by atoms with van der Waals surface area (Å²) >= 11 is 0. The van der Waals surface area contributed by atoms with Crippen LogP contribution >= 0.6 is 0 Å². The Morgan fingerprint density at radius 3 is 2.63 bits per heavy atom. The van der Waals surface area contributed by atoms with Gasteiger partial charge in [-0.15, -0.1) is 0 Å². The molecular formula is C20H16N4O3. The predicted molar refractivity (Wildman–Crippen MR) is 102 cm³/mol. The molecule has 1 aliphatic rings. The molecular weight excluding hydrogens is 344 g/mol. The highest BCUT2D eigenvalue weighted by Crippen LogP contribution is 2.37. The van der Waals surface area contributed by atoms with Gasteiger partial charge < -0.3 is 5.32 Å². The van der Waals surface area contributed by atoms with E-state index in [0.29, 0.717) is 16.9 Å². The van der Waals surface area contributed by atoms with Crippen LogP contribution in [0.3, 0.4) is 0 Å². The van der Waals surface area contributed by atoms with Gasteiger partial charge in [0.25, 0.3) is 11.6 Å². The third-order valence-corrected chi connectivity index (χ3v) is 4.48. The van der Waals surface area contributed by atoms with E-state index in [2.05, 4.69) is 10.3 Å². The number of hydrogen-bond donors (Lipinski definition) is 1. The molecule has 1 aromatic heterocycles. The molecule has 7 heteroatoms. The van der Waals surface area contributed by atoms with Crippen LogP contribution in [0.25, 0.3) is 0 Å². The monoisotopic (exact) mass is 360 g/mol. The van der Waals surface area contributed by atoms with Gasteiger partial charge in [-0.3, -0.25) is 24.8 Å². The second-order valence-corrected chi connectivity index (χ2v) is 6.30. The zero-order valence-corrected chi connectivity index (χ0v) is 14.5. The molecule has 7 nitrogen and oxygen atoms in total. The summed E-state index contributed by atoms with van der Waals surface area (Å²) in [4.78, 5) is 29.6. The van der Waals surface area contributed by atoms with Crippen LogP contribution in [-0.2, 0) is 0 Å². The second-order valence-electron chi connectivity index (χ2n) is 6.30. The highest BCUT2D eigenvalue weighted by molar-refractivity contribution is 6.11. The van der Waals surface area contributed by atoms with Crippen LogP contribution in [0.1, 0.15) is 27.8 Å². The summed E-state index contributed by atoms with van der Waals surface area (Å²) in [5.74, 6) is -0.162. The minimum Gasteiger partial charge on any atom is -0.360 e. The number of nitrogens with one attached hydrogen (secondary N) is 1. The van der Waals surface area contributed by atoms with E-state index in [1.807, 2.05) is 31.2 Å². The fourth-order valence-corrected chi connectivity index (χ4v) is 3.16. The Balaban J connectivity index is 1.77. The molecule has 0 saturated heterocycles. The van der Waals surface area contributed by atoms with Crippen molar-refractivity contribution in [2.75, 3.05) is 10.2 Å². The van der Waals surface area contributed by atoms with E-state index in [9.17, 15) is 14.9 Å². The first kappa shape index (κ1) is 16.7. The molecule has 1 N–H and O–H groups in total. The number of aryl methyl sites for hydroxylation is 1. The average Bonchev–Trinajstić information content (AvgIpc) is 2.95. The number of anilines is 2. The molecule has 0 fully saturated rings. The zero-order chi connectivity index (χ0) is 19.0. The molecule has 4 rings (SSSR count). The largest absolute Gasteiger partial charge is 0.360 e. The number of fused-ring (bicyclic) bond motifs is 1. The standard InChI is InChI=1S/C20H16N4O3/c1-13-7-9-15(10-8-13)23-19(18-17(20(23)25)6-3-11-21-18)22-14-4-2-5-16(12-14)24(26)27/h2-12,19,22H,1H3/t19-/m1/s1. The lowest BCUT2D eigenvalue weighted by molar-refractivity contribution is -0.384. The van der Waals surface area contributed by atoms with E-state index < -0.39 is 11.1 Å². The molecule has 0 saturated carbocycles. The third kappa shape index (κ3) is 2.99. The van der Waals surface area contributed by atoms with Crippen LogP contribution in [0.4, 0.5) is 17.1 Å². The summed E-state index contributed by atoms with van der Waals surface area (Å²) in [5, 5.41) is 14.3. The average molecular weight is 360 g/mol. The maximum atomic E-state index is 13.0. The van der Waals surface area contributed by atoms with E-state index in [4.69, 9.17) is 0 Å². The van der Waals surface area contributed by atoms with Gasteiger partial charge in [0.15, 0.2) is 6.17 Å². The van der Waals surface area contributed by atoms with Crippen molar-refractivity contribution in [2.24, 2.45) is 0 Å². The number of hydrogen-bond acceptors (Lipinski definition) is 5. The second kappa shape index (κ2) is 6.53. The van der Waals surface area contributed by atoms with Crippen LogP contribution in [-0.4, -0.2) is 15.8 Å². The molecule has 0 aliphatic carbocycles. The Hall–Kier alpha value is -3.74. The van der Waals surface area contributed by atoms with Crippen LogP contribution < -0.4 is 10.2 Å². The van der Waals surface area contributed by atoms with Crippen LogP contribution in [0, 0.1) is 17.0 Å². The molecule has 3 aromatic rings. The number of nitrogens with zero attached hydrogens (tertiary/aromatic N) is 3. The molecule has 0 unspecified atom stereocenters. The topological polar surface area (TPSA) is 88.4 Å².